The summed E-state index contributed by atoms with van der Waals surface area (Å²) in [7, 11) is 0. The van der Waals surface area contributed by atoms with E-state index < -0.39 is 0 Å². The van der Waals surface area contributed by atoms with Crippen LogP contribution in [0.4, 0.5) is 0 Å². The zero-order chi connectivity index (χ0) is 20.2. The largest absolute Gasteiger partial charge is 0.387 e. The van der Waals surface area contributed by atoms with E-state index in [1.165, 1.54) is 0 Å². The molecule has 4 aromatic rings. The van der Waals surface area contributed by atoms with Crippen LogP contribution in [0, 0.1) is 13.8 Å². The van der Waals surface area contributed by atoms with E-state index in [0.29, 0.717) is 23.8 Å². The van der Waals surface area contributed by atoms with E-state index in [2.05, 4.69) is 21.5 Å². The molecule has 7 nitrogen and oxygen atoms in total. The zero-order valence-electron chi connectivity index (χ0n) is 16.2. The predicted molar refractivity (Wildman–Crippen MR) is 113 cm³/mol. The van der Waals surface area contributed by atoms with Gasteiger partial charge in [0.2, 0.25) is 0 Å². The number of thiophene rings is 1. The van der Waals surface area contributed by atoms with Gasteiger partial charge >= 0.3 is 0 Å². The second-order valence-electron chi connectivity index (χ2n) is 6.69. The highest BCUT2D eigenvalue weighted by atomic mass is 32.1. The van der Waals surface area contributed by atoms with Gasteiger partial charge in [-0.15, -0.1) is 11.3 Å². The number of hydrogen-bond donors (Lipinski definition) is 1. The molecular formula is C21H21N5O2S. The molecule has 0 saturated heterocycles. The highest BCUT2D eigenvalue weighted by molar-refractivity contribution is 7.13. The van der Waals surface area contributed by atoms with Crippen molar-refractivity contribution in [2.24, 2.45) is 10.9 Å². The molecule has 0 atom stereocenters. The molecule has 0 aliphatic heterocycles. The lowest BCUT2D eigenvalue weighted by atomic mass is 10.1. The first-order valence-electron chi connectivity index (χ1n) is 9.14. The summed E-state index contributed by atoms with van der Waals surface area (Å²) in [6.45, 7) is 4.88. The van der Waals surface area contributed by atoms with Crippen molar-refractivity contribution in [1.29, 1.82) is 0 Å². The molecule has 29 heavy (non-hydrogen) atoms. The number of aromatic nitrogens is 3. The highest BCUT2D eigenvalue weighted by Crippen LogP contribution is 2.25. The van der Waals surface area contributed by atoms with Crippen LogP contribution < -0.4 is 5.73 Å². The van der Waals surface area contributed by atoms with E-state index >= 15 is 0 Å². The van der Waals surface area contributed by atoms with Gasteiger partial charge in [0.25, 0.3) is 0 Å². The van der Waals surface area contributed by atoms with Crippen LogP contribution in [0.15, 0.2) is 63.6 Å². The van der Waals surface area contributed by atoms with Crippen molar-refractivity contribution in [2.45, 2.75) is 27.0 Å². The number of hydrogen-bond acceptors (Lipinski definition) is 6. The Morgan fingerprint density at radius 2 is 2.10 bits per heavy atom. The molecule has 4 rings (SSSR count). The van der Waals surface area contributed by atoms with Gasteiger partial charge in [-0.25, -0.2) is 0 Å². The first-order valence-corrected chi connectivity index (χ1v) is 10.0. The highest BCUT2D eigenvalue weighted by Gasteiger charge is 2.09. The van der Waals surface area contributed by atoms with Crippen LogP contribution >= 0.6 is 11.3 Å². The topological polar surface area (TPSA) is 91.5 Å². The average molecular weight is 407 g/mol. The first kappa shape index (κ1) is 18.9. The minimum atomic E-state index is 0.182. The van der Waals surface area contributed by atoms with Gasteiger partial charge in [0.05, 0.1) is 17.1 Å². The summed E-state index contributed by atoms with van der Waals surface area (Å²) >= 11 is 1.59. The Kier molecular flexibility index (Phi) is 5.44. The SMILES string of the molecule is Cc1cc(C)n(Cc2cccc(/C(N)=N/OCc3cc(-c4cccs4)on3)c2)n1. The lowest BCUT2D eigenvalue weighted by Gasteiger charge is -2.07. The van der Waals surface area contributed by atoms with Crippen LogP contribution in [-0.2, 0) is 18.0 Å². The number of oxime groups is 1. The van der Waals surface area contributed by atoms with Gasteiger partial charge in [-0.3, -0.25) is 4.68 Å². The van der Waals surface area contributed by atoms with Crippen LogP contribution in [0.1, 0.15) is 28.2 Å². The number of benzene rings is 1. The molecule has 1 aromatic carbocycles. The van der Waals surface area contributed by atoms with Gasteiger partial charge < -0.3 is 15.1 Å². The van der Waals surface area contributed by atoms with E-state index in [4.69, 9.17) is 15.1 Å². The molecule has 0 aliphatic rings. The predicted octanol–water partition coefficient (Wildman–Crippen LogP) is 4.10. The summed E-state index contributed by atoms with van der Waals surface area (Å²) in [6, 6.07) is 15.7. The maximum atomic E-state index is 6.10. The third-order valence-corrected chi connectivity index (χ3v) is 5.24. The van der Waals surface area contributed by atoms with Gasteiger partial charge in [-0.05, 0) is 43.0 Å². The van der Waals surface area contributed by atoms with Crippen LogP contribution in [0.25, 0.3) is 10.6 Å². The molecule has 0 fully saturated rings. The number of nitrogens with zero attached hydrogens (tertiary/aromatic N) is 4. The number of nitrogens with two attached hydrogens (primary N) is 1. The molecule has 2 N–H and O–H groups in total. The van der Waals surface area contributed by atoms with Crippen LogP contribution in [0.5, 0.6) is 0 Å². The Balaban J connectivity index is 1.39. The van der Waals surface area contributed by atoms with Crippen molar-refractivity contribution in [3.05, 3.63) is 82.1 Å². The van der Waals surface area contributed by atoms with Gasteiger partial charge in [0.1, 0.15) is 5.69 Å². The molecular weight excluding hydrogens is 386 g/mol. The lowest BCUT2D eigenvalue weighted by Crippen LogP contribution is -2.14. The van der Waals surface area contributed by atoms with Crippen LogP contribution in [-0.4, -0.2) is 20.8 Å². The molecule has 0 aliphatic carbocycles. The Morgan fingerprint density at radius 3 is 2.86 bits per heavy atom. The Morgan fingerprint density at radius 1 is 1.21 bits per heavy atom. The molecule has 0 bridgehead atoms. The molecule has 0 radical (unpaired) electrons. The quantitative estimate of drug-likeness (QED) is 0.283. The molecule has 0 amide bonds. The van der Waals surface area contributed by atoms with Gasteiger partial charge in [-0.2, -0.15) is 5.10 Å². The standard InChI is InChI=1S/C21H21N5O2S/c1-14-9-15(2)26(23-14)12-16-5-3-6-17(10-16)21(22)25-27-13-18-11-19(28-24-18)20-7-4-8-29-20/h3-11H,12-13H2,1-2H3,(H2,22,25). The van der Waals surface area contributed by atoms with Crippen molar-refractivity contribution in [2.75, 3.05) is 0 Å². The maximum absolute atomic E-state index is 6.10. The van der Waals surface area contributed by atoms with Crippen molar-refractivity contribution in [3.8, 4) is 10.6 Å². The third-order valence-electron chi connectivity index (χ3n) is 4.36. The fourth-order valence-corrected chi connectivity index (χ4v) is 3.65. The Hall–Kier alpha value is -3.39. The maximum Gasteiger partial charge on any atom is 0.177 e. The third kappa shape index (κ3) is 4.55. The van der Waals surface area contributed by atoms with Crippen LogP contribution in [0.2, 0.25) is 0 Å². The van der Waals surface area contributed by atoms with Gasteiger partial charge in [0, 0.05) is 17.3 Å². The summed E-state index contributed by atoms with van der Waals surface area (Å²) in [4.78, 5) is 6.39. The first-order chi connectivity index (χ1) is 14.1. The van der Waals surface area contributed by atoms with E-state index in [9.17, 15) is 0 Å². The summed E-state index contributed by atoms with van der Waals surface area (Å²) < 4.78 is 7.29. The molecule has 0 unspecified atom stereocenters. The van der Waals surface area contributed by atoms with E-state index in [1.54, 1.807) is 11.3 Å². The monoisotopic (exact) mass is 407 g/mol. The molecule has 3 heterocycles. The normalized spacial score (nSPS) is 11.7. The minimum absolute atomic E-state index is 0.182. The summed E-state index contributed by atoms with van der Waals surface area (Å²) in [5, 5.41) is 14.5. The van der Waals surface area contributed by atoms with Crippen molar-refractivity contribution in [3.63, 3.8) is 0 Å². The fourth-order valence-electron chi connectivity index (χ4n) is 2.97. The Bertz CT molecular complexity index is 1130. The van der Waals surface area contributed by atoms with E-state index in [0.717, 1.165) is 27.4 Å². The van der Waals surface area contributed by atoms with Crippen LogP contribution in [0.3, 0.4) is 0 Å². The summed E-state index contributed by atoms with van der Waals surface area (Å²) in [6.07, 6.45) is 0. The Labute approximate surface area is 172 Å². The van der Waals surface area contributed by atoms with Crippen molar-refractivity contribution in [1.82, 2.24) is 14.9 Å². The minimum Gasteiger partial charge on any atom is -0.387 e. The van der Waals surface area contributed by atoms with E-state index in [1.807, 2.05) is 66.4 Å². The molecule has 148 valence electrons. The molecule has 0 spiro atoms. The summed E-state index contributed by atoms with van der Waals surface area (Å²) in [5.74, 6) is 1.02. The van der Waals surface area contributed by atoms with E-state index in [-0.39, 0.29) is 6.61 Å². The second kappa shape index (κ2) is 8.32. The van der Waals surface area contributed by atoms with Gasteiger partial charge in [0.15, 0.2) is 18.2 Å². The van der Waals surface area contributed by atoms with Gasteiger partial charge in [-0.1, -0.05) is 34.6 Å². The molecule has 3 aromatic heterocycles. The van der Waals surface area contributed by atoms with Crippen molar-refractivity contribution >= 4 is 17.2 Å². The number of rotatable bonds is 7. The fraction of sp³-hybridized carbons (Fsp3) is 0.190. The second-order valence-corrected chi connectivity index (χ2v) is 7.64. The molecule has 8 heteroatoms. The summed E-state index contributed by atoms with van der Waals surface area (Å²) in [5.41, 5.74) is 10.8. The smallest absolute Gasteiger partial charge is 0.177 e. The molecule has 0 saturated carbocycles. The lowest BCUT2D eigenvalue weighted by molar-refractivity contribution is 0.125. The van der Waals surface area contributed by atoms with Crippen molar-refractivity contribution < 1.29 is 9.36 Å². The number of amidine groups is 1. The number of aryl methyl sites for hydroxylation is 2. The zero-order valence-corrected chi connectivity index (χ0v) is 17.0. The average Bonchev–Trinajstić information content (AvgIpc) is 3.44.